The van der Waals surface area contributed by atoms with Crippen LogP contribution >= 0.6 is 0 Å². The monoisotopic (exact) mass is 211 g/mol. The van der Waals surface area contributed by atoms with Crippen LogP contribution in [0, 0.1) is 23.2 Å². The van der Waals surface area contributed by atoms with Gasteiger partial charge < -0.3 is 4.90 Å². The van der Waals surface area contributed by atoms with Crippen molar-refractivity contribution in [2.45, 2.75) is 47.5 Å². The van der Waals surface area contributed by atoms with Crippen molar-refractivity contribution in [2.75, 3.05) is 20.1 Å². The summed E-state index contributed by atoms with van der Waals surface area (Å²) in [5.74, 6) is 2.60. The lowest BCUT2D eigenvalue weighted by Crippen LogP contribution is -2.33. The van der Waals surface area contributed by atoms with Crippen molar-refractivity contribution >= 4 is 0 Å². The van der Waals surface area contributed by atoms with E-state index in [1.807, 2.05) is 0 Å². The lowest BCUT2D eigenvalue weighted by Gasteiger charge is -2.32. The zero-order chi connectivity index (χ0) is 11.6. The highest BCUT2D eigenvalue weighted by atomic mass is 15.1. The third-order valence-corrected chi connectivity index (χ3v) is 3.94. The van der Waals surface area contributed by atoms with Crippen LogP contribution in [0.4, 0.5) is 0 Å². The lowest BCUT2D eigenvalue weighted by atomic mass is 9.77. The molecule has 1 fully saturated rings. The van der Waals surface area contributed by atoms with Crippen LogP contribution in [0.5, 0.6) is 0 Å². The molecule has 1 rings (SSSR count). The first-order valence-electron chi connectivity index (χ1n) is 6.49. The largest absolute Gasteiger partial charge is 0.306 e. The van der Waals surface area contributed by atoms with E-state index in [1.165, 1.54) is 25.9 Å². The molecule has 15 heavy (non-hydrogen) atoms. The summed E-state index contributed by atoms with van der Waals surface area (Å²) in [4.78, 5) is 2.52. The van der Waals surface area contributed by atoms with Crippen LogP contribution in [-0.2, 0) is 0 Å². The SMILES string of the molecule is CC1CC(C)C(C)CC(C)(C)CN(C)C1. The van der Waals surface area contributed by atoms with Gasteiger partial charge in [0, 0.05) is 13.1 Å². The van der Waals surface area contributed by atoms with Gasteiger partial charge in [0.15, 0.2) is 0 Å². The third-order valence-electron chi connectivity index (χ3n) is 3.94. The minimum absolute atomic E-state index is 0.479. The Bertz CT molecular complexity index is 198. The van der Waals surface area contributed by atoms with E-state index in [4.69, 9.17) is 0 Å². The normalized spacial score (nSPS) is 39.2. The topological polar surface area (TPSA) is 3.24 Å². The first kappa shape index (κ1) is 13.0. The highest BCUT2D eigenvalue weighted by Crippen LogP contribution is 2.34. The van der Waals surface area contributed by atoms with Crippen LogP contribution < -0.4 is 0 Å². The molecule has 1 aliphatic heterocycles. The van der Waals surface area contributed by atoms with Crippen molar-refractivity contribution in [1.29, 1.82) is 0 Å². The lowest BCUT2D eigenvalue weighted by molar-refractivity contribution is 0.173. The Hall–Kier alpha value is -0.0400. The molecule has 1 heteroatoms. The molecule has 0 aromatic heterocycles. The highest BCUT2D eigenvalue weighted by molar-refractivity contribution is 4.80. The molecule has 3 atom stereocenters. The molecule has 0 amide bonds. The van der Waals surface area contributed by atoms with Gasteiger partial charge in [-0.05, 0) is 43.1 Å². The van der Waals surface area contributed by atoms with Crippen LogP contribution in [0.3, 0.4) is 0 Å². The molecule has 0 aromatic rings. The van der Waals surface area contributed by atoms with Crippen LogP contribution in [-0.4, -0.2) is 25.0 Å². The molecule has 0 aromatic carbocycles. The van der Waals surface area contributed by atoms with Crippen molar-refractivity contribution in [1.82, 2.24) is 4.90 Å². The second kappa shape index (κ2) is 4.86. The van der Waals surface area contributed by atoms with E-state index < -0.39 is 0 Å². The summed E-state index contributed by atoms with van der Waals surface area (Å²) in [6.45, 7) is 14.6. The Morgan fingerprint density at radius 1 is 1.07 bits per heavy atom. The minimum atomic E-state index is 0.479. The zero-order valence-corrected chi connectivity index (χ0v) is 11.5. The summed E-state index contributed by atoms with van der Waals surface area (Å²) in [5, 5.41) is 0. The standard InChI is InChI=1S/C14H29N/c1-11-7-12(2)13(3)8-14(4,5)10-15(6)9-11/h11-13H,7-10H2,1-6H3. The number of hydrogen-bond acceptors (Lipinski definition) is 1. The molecule has 1 nitrogen and oxygen atoms in total. The zero-order valence-electron chi connectivity index (χ0n) is 11.5. The van der Waals surface area contributed by atoms with Crippen LogP contribution in [0.2, 0.25) is 0 Å². The molecule has 0 radical (unpaired) electrons. The molecule has 0 saturated carbocycles. The van der Waals surface area contributed by atoms with Crippen molar-refractivity contribution in [3.8, 4) is 0 Å². The second-order valence-corrected chi connectivity index (χ2v) is 6.86. The maximum Gasteiger partial charge on any atom is 0.00298 e. The quantitative estimate of drug-likeness (QED) is 0.591. The van der Waals surface area contributed by atoms with Crippen LogP contribution in [0.1, 0.15) is 47.5 Å². The van der Waals surface area contributed by atoms with E-state index in [-0.39, 0.29) is 0 Å². The summed E-state index contributed by atoms with van der Waals surface area (Å²) in [6, 6.07) is 0. The van der Waals surface area contributed by atoms with Gasteiger partial charge in [0.05, 0.1) is 0 Å². The summed E-state index contributed by atoms with van der Waals surface area (Å²) >= 11 is 0. The van der Waals surface area contributed by atoms with Crippen molar-refractivity contribution in [2.24, 2.45) is 23.2 Å². The van der Waals surface area contributed by atoms with Gasteiger partial charge in [0.2, 0.25) is 0 Å². The van der Waals surface area contributed by atoms with E-state index in [2.05, 4.69) is 46.6 Å². The Morgan fingerprint density at radius 2 is 1.67 bits per heavy atom. The van der Waals surface area contributed by atoms with Crippen molar-refractivity contribution in [3.63, 3.8) is 0 Å². The molecular formula is C14H29N. The molecule has 0 aliphatic carbocycles. The van der Waals surface area contributed by atoms with Gasteiger partial charge in [-0.25, -0.2) is 0 Å². The van der Waals surface area contributed by atoms with E-state index in [0.717, 1.165) is 17.8 Å². The van der Waals surface area contributed by atoms with E-state index in [1.54, 1.807) is 0 Å². The minimum Gasteiger partial charge on any atom is -0.306 e. The van der Waals surface area contributed by atoms with Crippen molar-refractivity contribution in [3.05, 3.63) is 0 Å². The van der Waals surface area contributed by atoms with Gasteiger partial charge in [-0.2, -0.15) is 0 Å². The first-order valence-corrected chi connectivity index (χ1v) is 6.49. The molecule has 0 N–H and O–H groups in total. The fraction of sp³-hybridized carbons (Fsp3) is 1.00. The summed E-state index contributed by atoms with van der Waals surface area (Å²) in [6.07, 6.45) is 2.76. The number of nitrogens with zero attached hydrogens (tertiary/aromatic N) is 1. The predicted octanol–water partition coefficient (Wildman–Crippen LogP) is 3.65. The van der Waals surface area contributed by atoms with Gasteiger partial charge in [0.1, 0.15) is 0 Å². The average molecular weight is 211 g/mol. The molecule has 0 spiro atoms. The molecule has 90 valence electrons. The van der Waals surface area contributed by atoms with Gasteiger partial charge >= 0.3 is 0 Å². The Balaban J connectivity index is 2.73. The summed E-state index contributed by atoms with van der Waals surface area (Å²) in [5.41, 5.74) is 0.479. The van der Waals surface area contributed by atoms with Crippen LogP contribution in [0.25, 0.3) is 0 Å². The third kappa shape index (κ3) is 4.14. The van der Waals surface area contributed by atoms with E-state index >= 15 is 0 Å². The van der Waals surface area contributed by atoms with E-state index in [0.29, 0.717) is 5.41 Å². The van der Waals surface area contributed by atoms with Crippen LogP contribution in [0.15, 0.2) is 0 Å². The number of rotatable bonds is 0. The van der Waals surface area contributed by atoms with Crippen molar-refractivity contribution < 1.29 is 0 Å². The van der Waals surface area contributed by atoms with E-state index in [9.17, 15) is 0 Å². The molecule has 1 heterocycles. The molecule has 1 saturated heterocycles. The Labute approximate surface area is 96.2 Å². The highest BCUT2D eigenvalue weighted by Gasteiger charge is 2.28. The number of hydrogen-bond donors (Lipinski definition) is 0. The Kier molecular flexibility index (Phi) is 4.22. The summed E-state index contributed by atoms with van der Waals surface area (Å²) in [7, 11) is 2.28. The molecule has 0 bridgehead atoms. The molecule has 1 aliphatic rings. The maximum atomic E-state index is 2.52. The molecule has 3 unspecified atom stereocenters. The first-order chi connectivity index (χ1) is 6.80. The predicted molar refractivity (Wildman–Crippen MR) is 68.0 cm³/mol. The Morgan fingerprint density at radius 3 is 2.27 bits per heavy atom. The van der Waals surface area contributed by atoms with Gasteiger partial charge in [-0.1, -0.05) is 34.6 Å². The van der Waals surface area contributed by atoms with Gasteiger partial charge in [0.25, 0.3) is 0 Å². The second-order valence-electron chi connectivity index (χ2n) is 6.86. The fourth-order valence-corrected chi connectivity index (χ4v) is 3.41. The average Bonchev–Trinajstić information content (AvgIpc) is 2.01. The molecular weight excluding hydrogens is 182 g/mol. The summed E-state index contributed by atoms with van der Waals surface area (Å²) < 4.78 is 0. The maximum absolute atomic E-state index is 2.52. The van der Waals surface area contributed by atoms with Gasteiger partial charge in [-0.15, -0.1) is 0 Å². The van der Waals surface area contributed by atoms with Gasteiger partial charge in [-0.3, -0.25) is 0 Å². The smallest absolute Gasteiger partial charge is 0.00298 e. The fourth-order valence-electron chi connectivity index (χ4n) is 3.41.